The third-order valence-electron chi connectivity index (χ3n) is 7.81. The molecular weight excluding hydrogens is 621 g/mol. The van der Waals surface area contributed by atoms with Gasteiger partial charge in [0.15, 0.2) is 12.5 Å². The maximum absolute atomic E-state index is 12.3. The number of nitrogens with zero attached hydrogens (tertiary/aromatic N) is 1. The largest absolute Gasteiger partial charge is 0.490 e. The summed E-state index contributed by atoms with van der Waals surface area (Å²) < 4.78 is 50.6. The van der Waals surface area contributed by atoms with Crippen LogP contribution in [-0.2, 0) is 19.0 Å². The molecule has 2 aliphatic heterocycles. The zero-order valence-electron chi connectivity index (χ0n) is 26.1. The molecule has 0 saturated carbocycles. The molecule has 0 bridgehead atoms. The number of aliphatic hydroxyl groups is 3. The molecule has 3 rings (SSSR count). The van der Waals surface area contributed by atoms with Crippen molar-refractivity contribution >= 4 is 5.97 Å². The highest BCUT2D eigenvalue weighted by atomic mass is 19.4. The number of aliphatic hydroxyl groups excluding tert-OH is 3. The molecule has 14 nitrogen and oxygen atoms in total. The molecule has 2 fully saturated rings. The summed E-state index contributed by atoms with van der Waals surface area (Å²) in [7, 11) is 0. The molecule has 0 unspecified atom stereocenters. The van der Waals surface area contributed by atoms with E-state index >= 15 is 0 Å². The van der Waals surface area contributed by atoms with Crippen molar-refractivity contribution in [1.29, 1.82) is 0 Å². The molecule has 1 aromatic rings. The van der Waals surface area contributed by atoms with Crippen molar-refractivity contribution in [2.75, 3.05) is 19.6 Å². The van der Waals surface area contributed by atoms with Crippen molar-refractivity contribution in [3.8, 4) is 0 Å². The topological polar surface area (TPSA) is 219 Å². The monoisotopic (exact) mass is 670 g/mol. The van der Waals surface area contributed by atoms with E-state index in [1.165, 1.54) is 63.6 Å². The molecule has 266 valence electrons. The Kier molecular flexibility index (Phi) is 17.4. The highest BCUT2D eigenvalue weighted by Gasteiger charge is 2.47. The molecule has 8 N–H and O–H groups in total. The second-order valence-corrected chi connectivity index (χ2v) is 11.5. The van der Waals surface area contributed by atoms with Crippen LogP contribution in [0.15, 0.2) is 21.9 Å². The van der Waals surface area contributed by atoms with E-state index in [0.717, 1.165) is 24.0 Å². The molecule has 46 heavy (non-hydrogen) atoms. The number of aromatic amines is 1. The van der Waals surface area contributed by atoms with Crippen molar-refractivity contribution in [2.24, 2.45) is 5.73 Å². The number of halogens is 3. The van der Waals surface area contributed by atoms with Gasteiger partial charge in [-0.05, 0) is 13.0 Å². The Balaban J connectivity index is 0.000000942. The fourth-order valence-corrected chi connectivity index (χ4v) is 5.24. The third-order valence-corrected chi connectivity index (χ3v) is 7.81. The van der Waals surface area contributed by atoms with Crippen molar-refractivity contribution < 1.29 is 52.6 Å². The number of hydrogen-bond donors (Lipinski definition) is 7. The van der Waals surface area contributed by atoms with Gasteiger partial charge in [-0.2, -0.15) is 13.2 Å². The Hall–Kier alpha value is -2.38. The number of unbranched alkanes of at least 4 members (excludes halogenated alkanes) is 9. The second kappa shape index (κ2) is 20.1. The van der Waals surface area contributed by atoms with Gasteiger partial charge in [0.1, 0.15) is 24.4 Å². The lowest BCUT2D eigenvalue weighted by Crippen LogP contribution is -2.44. The average molecular weight is 671 g/mol. The number of nitrogens with two attached hydrogens (primary N) is 1. The summed E-state index contributed by atoms with van der Waals surface area (Å²) in [5.41, 5.74) is 4.40. The van der Waals surface area contributed by atoms with Crippen LogP contribution >= 0.6 is 0 Å². The van der Waals surface area contributed by atoms with E-state index in [0.29, 0.717) is 6.54 Å². The van der Waals surface area contributed by atoms with Gasteiger partial charge < -0.3 is 45.7 Å². The fourth-order valence-electron chi connectivity index (χ4n) is 5.24. The van der Waals surface area contributed by atoms with Gasteiger partial charge in [0, 0.05) is 31.8 Å². The number of carboxylic acids is 1. The first-order valence-electron chi connectivity index (χ1n) is 15.8. The number of alkyl halides is 3. The number of carboxylic acid groups (broad SMARTS) is 1. The third kappa shape index (κ3) is 13.0. The van der Waals surface area contributed by atoms with E-state index in [9.17, 15) is 38.1 Å². The molecule has 3 heterocycles. The summed E-state index contributed by atoms with van der Waals surface area (Å²) >= 11 is 0. The molecular formula is C29H49F3N4O10. The molecule has 1 aromatic heterocycles. The maximum atomic E-state index is 12.3. The summed E-state index contributed by atoms with van der Waals surface area (Å²) in [5, 5.41) is 41.8. The molecule has 17 heteroatoms. The molecule has 8 atom stereocenters. The molecule has 0 aliphatic carbocycles. The quantitative estimate of drug-likeness (QED) is 0.109. The first-order valence-corrected chi connectivity index (χ1v) is 15.8. The van der Waals surface area contributed by atoms with Crippen LogP contribution in [0.3, 0.4) is 0 Å². The number of rotatable bonds is 18. The van der Waals surface area contributed by atoms with Gasteiger partial charge in [-0.25, -0.2) is 9.59 Å². The minimum Gasteiger partial charge on any atom is -0.475 e. The number of nitrogens with one attached hydrogen (secondary N) is 2. The van der Waals surface area contributed by atoms with Crippen molar-refractivity contribution in [3.05, 3.63) is 33.1 Å². The normalized spacial score (nSPS) is 26.9. The summed E-state index contributed by atoms with van der Waals surface area (Å²) in [6.45, 7) is 3.36. The smallest absolute Gasteiger partial charge is 0.475 e. The van der Waals surface area contributed by atoms with Gasteiger partial charge in [0.2, 0.25) is 0 Å². The predicted octanol–water partition coefficient (Wildman–Crippen LogP) is 1.12. The van der Waals surface area contributed by atoms with Crippen LogP contribution in [0.25, 0.3) is 0 Å². The molecule has 0 aromatic carbocycles. The van der Waals surface area contributed by atoms with Crippen LogP contribution in [-0.4, -0.2) is 105 Å². The van der Waals surface area contributed by atoms with Gasteiger partial charge in [0.05, 0.1) is 12.2 Å². The van der Waals surface area contributed by atoms with E-state index in [-0.39, 0.29) is 13.0 Å². The number of hydrogen-bond acceptors (Lipinski definition) is 11. The van der Waals surface area contributed by atoms with Gasteiger partial charge >= 0.3 is 17.8 Å². The highest BCUT2D eigenvalue weighted by Crippen LogP contribution is 2.32. The Bertz CT molecular complexity index is 1140. The lowest BCUT2D eigenvalue weighted by Gasteiger charge is -2.28. The second-order valence-electron chi connectivity index (χ2n) is 11.5. The summed E-state index contributed by atoms with van der Waals surface area (Å²) in [6, 6.07) is 1.18. The Morgan fingerprint density at radius 2 is 1.65 bits per heavy atom. The van der Waals surface area contributed by atoms with Gasteiger partial charge in [-0.15, -0.1) is 0 Å². The summed E-state index contributed by atoms with van der Waals surface area (Å²) in [6.07, 6.45) is 1.11. The molecule has 0 spiro atoms. The van der Waals surface area contributed by atoms with Crippen LogP contribution in [0, 0.1) is 0 Å². The zero-order chi connectivity index (χ0) is 34.3. The first-order chi connectivity index (χ1) is 21.8. The van der Waals surface area contributed by atoms with Crippen molar-refractivity contribution in [2.45, 2.75) is 133 Å². The van der Waals surface area contributed by atoms with Gasteiger partial charge in [-0.1, -0.05) is 64.7 Å². The Morgan fingerprint density at radius 3 is 2.17 bits per heavy atom. The minimum absolute atomic E-state index is 0.0234. The highest BCUT2D eigenvalue weighted by molar-refractivity contribution is 5.73. The Labute approximate surface area is 265 Å². The van der Waals surface area contributed by atoms with Crippen molar-refractivity contribution in [3.63, 3.8) is 0 Å². The summed E-state index contributed by atoms with van der Waals surface area (Å²) in [4.78, 5) is 34.8. The number of carbonyl (C=O) groups is 1. The number of ether oxygens (including phenoxy) is 3. The SMILES string of the molecule is CCCCCCCCCCCCNC[C@H](O[C@@H]1O[C@H](CN)[C@@H](O)[C@H]1O)[C@@H]1C[C@@H](O)[C@H](n2ccc(=O)[nH]c2=O)O1.O=C(O)C(F)(F)F. The van der Waals surface area contributed by atoms with Crippen LogP contribution < -0.4 is 22.3 Å². The zero-order valence-corrected chi connectivity index (χ0v) is 26.1. The predicted molar refractivity (Wildman–Crippen MR) is 159 cm³/mol. The van der Waals surface area contributed by atoms with Crippen molar-refractivity contribution in [1.82, 2.24) is 14.9 Å². The molecule has 2 saturated heterocycles. The van der Waals surface area contributed by atoms with Crippen LogP contribution in [0.2, 0.25) is 0 Å². The average Bonchev–Trinajstić information content (AvgIpc) is 3.51. The molecule has 0 radical (unpaired) electrons. The fraction of sp³-hybridized carbons (Fsp3) is 0.828. The van der Waals surface area contributed by atoms with Gasteiger partial charge in [0.25, 0.3) is 5.56 Å². The van der Waals surface area contributed by atoms with E-state index in [4.69, 9.17) is 29.8 Å². The maximum Gasteiger partial charge on any atom is 0.490 e. The van der Waals surface area contributed by atoms with E-state index in [1.54, 1.807) is 0 Å². The number of aromatic nitrogens is 2. The molecule has 2 aliphatic rings. The van der Waals surface area contributed by atoms with Crippen LogP contribution in [0.4, 0.5) is 13.2 Å². The van der Waals surface area contributed by atoms with Gasteiger partial charge in [-0.3, -0.25) is 14.3 Å². The van der Waals surface area contributed by atoms with Crippen LogP contribution in [0.5, 0.6) is 0 Å². The van der Waals surface area contributed by atoms with E-state index < -0.39 is 72.5 Å². The minimum atomic E-state index is -5.08. The summed E-state index contributed by atoms with van der Waals surface area (Å²) in [5.74, 6) is -2.76. The number of aliphatic carboxylic acids is 1. The number of H-pyrrole nitrogens is 1. The first kappa shape index (κ1) is 39.8. The standard InChI is InChI=1S/C27H48N4O8.C2HF3O2/c1-2-3-4-5-6-7-8-9-10-11-13-29-17-21(39-26-24(35)23(34)20(16-28)38-26)19-15-18(32)25(37-19)31-14-12-22(33)30-27(31)36;3-2(4,5)1(6)7/h12,14,18-21,23-26,29,32,34-35H,2-11,13,15-17,28H2,1H3,(H,30,33,36);(H,6,7)/t18-,19+,20-,21+,23-,24-,25-,26+;/m1./s1. The lowest BCUT2D eigenvalue weighted by molar-refractivity contribution is -0.213. The van der Waals surface area contributed by atoms with E-state index in [1.807, 2.05) is 0 Å². The van der Waals surface area contributed by atoms with E-state index in [2.05, 4.69) is 17.2 Å². The lowest BCUT2D eigenvalue weighted by atomic mass is 10.1. The molecule has 0 amide bonds. The van der Waals surface area contributed by atoms with Crippen LogP contribution in [0.1, 0.15) is 83.8 Å². The Morgan fingerprint density at radius 1 is 1.07 bits per heavy atom.